The molecule has 1 atom stereocenters. The fourth-order valence-electron chi connectivity index (χ4n) is 2.14. The molecule has 1 aromatic carbocycles. The largest absolute Gasteiger partial charge is 0.491 e. The third-order valence-electron chi connectivity index (χ3n) is 3.44. The van der Waals surface area contributed by atoms with Crippen molar-refractivity contribution in [3.05, 3.63) is 62.9 Å². The zero-order valence-corrected chi connectivity index (χ0v) is 14.0. The molecule has 0 fully saturated rings. The molecule has 0 aliphatic carbocycles. The van der Waals surface area contributed by atoms with Gasteiger partial charge in [0, 0.05) is 19.3 Å². The van der Waals surface area contributed by atoms with E-state index in [0.29, 0.717) is 17.9 Å². The summed E-state index contributed by atoms with van der Waals surface area (Å²) >= 11 is 0. The Morgan fingerprint density at radius 2 is 1.88 bits per heavy atom. The van der Waals surface area contributed by atoms with E-state index in [1.165, 1.54) is 23.9 Å². The van der Waals surface area contributed by atoms with Gasteiger partial charge in [0.25, 0.3) is 5.56 Å². The minimum absolute atomic E-state index is 0.108. The SMILES string of the molecule is CCOC(=O)c1ccc(OCC(O)Cn2c(=O)ccn(C)c2=O)cc1. The number of benzene rings is 1. The highest BCUT2D eigenvalue weighted by Gasteiger charge is 2.12. The number of aliphatic hydroxyl groups excluding tert-OH is 1. The predicted octanol–water partition coefficient (Wildman–Crippen LogP) is 0.164. The van der Waals surface area contributed by atoms with Gasteiger partial charge in [-0.15, -0.1) is 0 Å². The number of ether oxygens (including phenoxy) is 2. The van der Waals surface area contributed by atoms with Gasteiger partial charge in [-0.05, 0) is 31.2 Å². The number of nitrogens with zero attached hydrogens (tertiary/aromatic N) is 2. The average Bonchev–Trinajstić information content (AvgIpc) is 2.61. The molecule has 1 N–H and O–H groups in total. The monoisotopic (exact) mass is 348 g/mol. The Morgan fingerprint density at radius 1 is 1.20 bits per heavy atom. The van der Waals surface area contributed by atoms with Crippen LogP contribution < -0.4 is 16.0 Å². The lowest BCUT2D eigenvalue weighted by Gasteiger charge is -2.14. The van der Waals surface area contributed by atoms with Crippen molar-refractivity contribution < 1.29 is 19.4 Å². The van der Waals surface area contributed by atoms with Crippen LogP contribution in [0.3, 0.4) is 0 Å². The first-order valence-electron chi connectivity index (χ1n) is 7.77. The summed E-state index contributed by atoms with van der Waals surface area (Å²) in [6, 6.07) is 7.51. The van der Waals surface area contributed by atoms with Crippen molar-refractivity contribution in [1.29, 1.82) is 0 Å². The first kappa shape index (κ1) is 18.5. The zero-order chi connectivity index (χ0) is 18.4. The van der Waals surface area contributed by atoms with Crippen LogP contribution in [0.15, 0.2) is 46.1 Å². The van der Waals surface area contributed by atoms with Gasteiger partial charge in [-0.3, -0.25) is 9.36 Å². The second-order valence-corrected chi connectivity index (χ2v) is 5.37. The predicted molar refractivity (Wildman–Crippen MR) is 89.8 cm³/mol. The summed E-state index contributed by atoms with van der Waals surface area (Å²) in [5, 5.41) is 10.0. The van der Waals surface area contributed by atoms with Crippen LogP contribution in [0.25, 0.3) is 0 Å². The molecular weight excluding hydrogens is 328 g/mol. The first-order chi connectivity index (χ1) is 11.9. The lowest BCUT2D eigenvalue weighted by molar-refractivity contribution is 0.0526. The summed E-state index contributed by atoms with van der Waals surface area (Å²) < 4.78 is 12.5. The van der Waals surface area contributed by atoms with Gasteiger partial charge >= 0.3 is 11.7 Å². The van der Waals surface area contributed by atoms with E-state index in [1.807, 2.05) is 0 Å². The maximum Gasteiger partial charge on any atom is 0.338 e. The molecular formula is C17H20N2O6. The minimum atomic E-state index is -1.04. The van der Waals surface area contributed by atoms with Crippen LogP contribution in [-0.4, -0.2) is 39.5 Å². The van der Waals surface area contributed by atoms with Gasteiger partial charge in [0.1, 0.15) is 18.5 Å². The minimum Gasteiger partial charge on any atom is -0.491 e. The van der Waals surface area contributed by atoms with Crippen LogP contribution in [0.1, 0.15) is 17.3 Å². The van der Waals surface area contributed by atoms with Crippen molar-refractivity contribution in [3.8, 4) is 5.75 Å². The average molecular weight is 348 g/mol. The number of carbonyl (C=O) groups excluding carboxylic acids is 1. The van der Waals surface area contributed by atoms with E-state index in [1.54, 1.807) is 31.2 Å². The highest BCUT2D eigenvalue weighted by Crippen LogP contribution is 2.13. The standard InChI is InChI=1S/C17H20N2O6/c1-3-24-16(22)12-4-6-14(7-5-12)25-11-13(20)10-19-15(21)8-9-18(2)17(19)23/h4-9,13,20H,3,10-11H2,1-2H3. The number of esters is 1. The van der Waals surface area contributed by atoms with E-state index in [2.05, 4.69) is 0 Å². The molecule has 0 aliphatic heterocycles. The number of aromatic nitrogens is 2. The van der Waals surface area contributed by atoms with Gasteiger partial charge in [-0.2, -0.15) is 0 Å². The summed E-state index contributed by atoms with van der Waals surface area (Å²) in [6.45, 7) is 1.74. The maximum absolute atomic E-state index is 11.9. The topological polar surface area (TPSA) is 99.8 Å². The lowest BCUT2D eigenvalue weighted by atomic mass is 10.2. The quantitative estimate of drug-likeness (QED) is 0.716. The third kappa shape index (κ3) is 4.80. The molecule has 0 saturated heterocycles. The number of hydrogen-bond donors (Lipinski definition) is 1. The number of aryl methyl sites for hydroxylation is 1. The van der Waals surface area contributed by atoms with Crippen LogP contribution in [0.2, 0.25) is 0 Å². The van der Waals surface area contributed by atoms with E-state index in [0.717, 1.165) is 4.57 Å². The van der Waals surface area contributed by atoms with Crippen LogP contribution in [0.5, 0.6) is 5.75 Å². The second kappa shape index (κ2) is 8.29. The summed E-state index contributed by atoms with van der Waals surface area (Å²) in [4.78, 5) is 35.1. The second-order valence-electron chi connectivity index (χ2n) is 5.37. The molecule has 0 spiro atoms. The summed E-state index contributed by atoms with van der Waals surface area (Å²) in [5.41, 5.74) is -0.597. The molecule has 0 radical (unpaired) electrons. The Balaban J connectivity index is 1.95. The number of aliphatic hydroxyl groups is 1. The first-order valence-corrected chi connectivity index (χ1v) is 7.77. The van der Waals surface area contributed by atoms with Crippen molar-refractivity contribution in [2.75, 3.05) is 13.2 Å². The molecule has 1 aromatic heterocycles. The third-order valence-corrected chi connectivity index (χ3v) is 3.44. The van der Waals surface area contributed by atoms with Crippen LogP contribution in [0.4, 0.5) is 0 Å². The van der Waals surface area contributed by atoms with E-state index < -0.39 is 23.3 Å². The van der Waals surface area contributed by atoms with Gasteiger partial charge in [0.15, 0.2) is 0 Å². The van der Waals surface area contributed by atoms with E-state index in [-0.39, 0.29) is 13.2 Å². The Morgan fingerprint density at radius 3 is 2.52 bits per heavy atom. The Hall–Kier alpha value is -2.87. The summed E-state index contributed by atoms with van der Waals surface area (Å²) in [6.07, 6.45) is 0.326. The van der Waals surface area contributed by atoms with Crippen LogP contribution in [-0.2, 0) is 18.3 Å². The van der Waals surface area contributed by atoms with Gasteiger partial charge in [0.05, 0.1) is 18.7 Å². The molecule has 2 aromatic rings. The number of hydrogen-bond acceptors (Lipinski definition) is 6. The normalized spacial score (nSPS) is 11.8. The van der Waals surface area contributed by atoms with Crippen molar-refractivity contribution in [3.63, 3.8) is 0 Å². The molecule has 25 heavy (non-hydrogen) atoms. The zero-order valence-electron chi connectivity index (χ0n) is 14.0. The Labute approximate surface area is 143 Å². The number of carbonyl (C=O) groups is 1. The van der Waals surface area contributed by atoms with E-state index in [9.17, 15) is 19.5 Å². The van der Waals surface area contributed by atoms with Gasteiger partial charge in [-0.25, -0.2) is 9.59 Å². The molecule has 2 rings (SSSR count). The highest BCUT2D eigenvalue weighted by molar-refractivity contribution is 5.89. The molecule has 1 heterocycles. The molecule has 0 saturated carbocycles. The fraction of sp³-hybridized carbons (Fsp3) is 0.353. The molecule has 0 bridgehead atoms. The van der Waals surface area contributed by atoms with E-state index >= 15 is 0 Å². The molecule has 1 unspecified atom stereocenters. The van der Waals surface area contributed by atoms with Gasteiger partial charge < -0.3 is 19.1 Å². The van der Waals surface area contributed by atoms with Crippen LogP contribution in [0, 0.1) is 0 Å². The van der Waals surface area contributed by atoms with Crippen molar-refractivity contribution in [2.45, 2.75) is 19.6 Å². The van der Waals surface area contributed by atoms with Gasteiger partial charge in [-0.1, -0.05) is 0 Å². The molecule has 134 valence electrons. The molecule has 8 nitrogen and oxygen atoms in total. The Bertz CT molecular complexity index is 837. The molecule has 0 aliphatic rings. The fourth-order valence-corrected chi connectivity index (χ4v) is 2.14. The van der Waals surface area contributed by atoms with Crippen molar-refractivity contribution in [2.24, 2.45) is 7.05 Å². The maximum atomic E-state index is 11.9. The molecule has 0 amide bonds. The summed E-state index contributed by atoms with van der Waals surface area (Å²) in [5.74, 6) is 0.0220. The smallest absolute Gasteiger partial charge is 0.338 e. The lowest BCUT2D eigenvalue weighted by Crippen LogP contribution is -2.41. The Kier molecular flexibility index (Phi) is 6.13. The van der Waals surface area contributed by atoms with Crippen molar-refractivity contribution in [1.82, 2.24) is 9.13 Å². The van der Waals surface area contributed by atoms with Gasteiger partial charge in [0.2, 0.25) is 0 Å². The van der Waals surface area contributed by atoms with E-state index in [4.69, 9.17) is 9.47 Å². The molecule has 8 heteroatoms. The van der Waals surface area contributed by atoms with Crippen LogP contribution >= 0.6 is 0 Å². The summed E-state index contributed by atoms with van der Waals surface area (Å²) in [7, 11) is 1.52. The number of rotatable bonds is 7. The van der Waals surface area contributed by atoms with Crippen molar-refractivity contribution >= 4 is 5.97 Å². The highest BCUT2D eigenvalue weighted by atomic mass is 16.5.